The van der Waals surface area contributed by atoms with Gasteiger partial charge in [-0.15, -0.1) is 6.58 Å². The van der Waals surface area contributed by atoms with Crippen molar-refractivity contribution in [2.75, 3.05) is 19.1 Å². The summed E-state index contributed by atoms with van der Waals surface area (Å²) in [4.78, 5) is 49.9. The summed E-state index contributed by atoms with van der Waals surface area (Å²) in [5.74, 6) is -1.96. The minimum absolute atomic E-state index is 0.0212. The van der Waals surface area contributed by atoms with Gasteiger partial charge < -0.3 is 14.2 Å². The van der Waals surface area contributed by atoms with E-state index in [9.17, 15) is 37.7 Å². The molecule has 1 aliphatic rings. The van der Waals surface area contributed by atoms with Crippen LogP contribution in [0.1, 0.15) is 16.7 Å². The lowest BCUT2D eigenvalue weighted by Crippen LogP contribution is -2.54. The highest BCUT2D eigenvalue weighted by Gasteiger charge is 2.37. The number of urea groups is 1. The van der Waals surface area contributed by atoms with Gasteiger partial charge in [0.05, 0.1) is 30.4 Å². The first-order chi connectivity index (χ1) is 20.4. The lowest BCUT2D eigenvalue weighted by molar-refractivity contribution is -0.385. The molecule has 0 radical (unpaired) electrons. The van der Waals surface area contributed by atoms with Gasteiger partial charge in [0.1, 0.15) is 11.3 Å². The Morgan fingerprint density at radius 3 is 2.28 bits per heavy atom. The third-order valence-electron chi connectivity index (χ3n) is 6.18. The standard InChI is InChI=1S/C29H22F3N3O8/c1-4-5-17-12-16(13-21-26(36)33-28(38)34(27(21)37)19-7-9-20(41-2)10-8-19)14-24(42-3)25(17)43-23-11-6-18(29(30,31)32)15-22(23)35(39)40/h4,6-15H,1,5H2,2-3H3,(H,33,36,38)/b21-13+. The maximum atomic E-state index is 13.3. The van der Waals surface area contributed by atoms with Crippen LogP contribution >= 0.6 is 0 Å². The molecule has 4 rings (SSSR count). The number of barbiturate groups is 1. The van der Waals surface area contributed by atoms with E-state index in [1.54, 1.807) is 0 Å². The second-order valence-electron chi connectivity index (χ2n) is 8.90. The van der Waals surface area contributed by atoms with Crippen LogP contribution in [0.4, 0.5) is 29.3 Å². The molecule has 3 aromatic rings. The maximum absolute atomic E-state index is 13.3. The molecule has 0 unspecified atom stereocenters. The average Bonchev–Trinajstić information content (AvgIpc) is 2.96. The van der Waals surface area contributed by atoms with E-state index >= 15 is 0 Å². The number of methoxy groups -OCH3 is 2. The number of ether oxygens (including phenoxy) is 3. The van der Waals surface area contributed by atoms with Crippen LogP contribution < -0.4 is 24.4 Å². The number of amides is 4. The van der Waals surface area contributed by atoms with E-state index in [1.165, 1.54) is 62.8 Å². The van der Waals surface area contributed by atoms with Gasteiger partial charge in [-0.25, -0.2) is 9.69 Å². The van der Waals surface area contributed by atoms with Gasteiger partial charge in [0, 0.05) is 11.6 Å². The van der Waals surface area contributed by atoms with E-state index in [0.717, 1.165) is 11.0 Å². The number of nitrogens with one attached hydrogen (secondary N) is 1. The van der Waals surface area contributed by atoms with Crippen molar-refractivity contribution in [3.8, 4) is 23.0 Å². The number of benzene rings is 3. The van der Waals surface area contributed by atoms with Gasteiger partial charge in [0.25, 0.3) is 11.8 Å². The molecule has 4 amide bonds. The molecule has 0 aromatic heterocycles. The van der Waals surface area contributed by atoms with Crippen LogP contribution in [0.15, 0.2) is 72.8 Å². The maximum Gasteiger partial charge on any atom is 0.416 e. The first-order valence-corrected chi connectivity index (χ1v) is 12.3. The molecule has 222 valence electrons. The zero-order chi connectivity index (χ0) is 31.5. The minimum Gasteiger partial charge on any atom is -0.497 e. The smallest absolute Gasteiger partial charge is 0.416 e. The van der Waals surface area contributed by atoms with Crippen molar-refractivity contribution in [2.45, 2.75) is 12.6 Å². The van der Waals surface area contributed by atoms with Crippen molar-refractivity contribution in [1.29, 1.82) is 0 Å². The summed E-state index contributed by atoms with van der Waals surface area (Å²) < 4.78 is 55.7. The van der Waals surface area contributed by atoms with Crippen LogP contribution in [0.25, 0.3) is 6.08 Å². The highest BCUT2D eigenvalue weighted by Crippen LogP contribution is 2.42. The van der Waals surface area contributed by atoms with Gasteiger partial charge in [-0.05, 0) is 66.6 Å². The fraction of sp³-hybridized carbons (Fsp3) is 0.138. The molecule has 1 N–H and O–H groups in total. The number of nitro benzene ring substituents is 1. The molecule has 1 heterocycles. The number of carbonyl (C=O) groups excluding carboxylic acids is 3. The summed E-state index contributed by atoms with van der Waals surface area (Å²) >= 11 is 0. The van der Waals surface area contributed by atoms with Crippen molar-refractivity contribution in [3.05, 3.63) is 99.6 Å². The number of hydrogen-bond acceptors (Lipinski definition) is 8. The normalized spacial score (nSPS) is 14.4. The van der Waals surface area contributed by atoms with Gasteiger partial charge in [-0.3, -0.25) is 25.0 Å². The van der Waals surface area contributed by atoms with Gasteiger partial charge in [-0.2, -0.15) is 13.2 Å². The first kappa shape index (κ1) is 30.3. The van der Waals surface area contributed by atoms with E-state index < -0.39 is 51.5 Å². The molecule has 1 fully saturated rings. The Morgan fingerprint density at radius 2 is 1.70 bits per heavy atom. The van der Waals surface area contributed by atoms with Crippen molar-refractivity contribution < 1.29 is 46.7 Å². The second-order valence-corrected chi connectivity index (χ2v) is 8.90. The van der Waals surface area contributed by atoms with Crippen LogP contribution in [-0.2, 0) is 22.2 Å². The number of halogens is 3. The van der Waals surface area contributed by atoms with E-state index in [0.29, 0.717) is 23.4 Å². The summed E-state index contributed by atoms with van der Waals surface area (Å²) in [6.45, 7) is 3.66. The summed E-state index contributed by atoms with van der Waals surface area (Å²) in [6.07, 6.45) is -2.06. The highest BCUT2D eigenvalue weighted by molar-refractivity contribution is 6.39. The molecule has 11 nitrogen and oxygen atoms in total. The quantitative estimate of drug-likeness (QED) is 0.107. The van der Waals surface area contributed by atoms with Gasteiger partial charge in [0.15, 0.2) is 11.5 Å². The predicted molar refractivity (Wildman–Crippen MR) is 147 cm³/mol. The number of alkyl halides is 3. The molecule has 14 heteroatoms. The average molecular weight is 598 g/mol. The van der Waals surface area contributed by atoms with Crippen molar-refractivity contribution in [1.82, 2.24) is 5.32 Å². The fourth-order valence-electron chi connectivity index (χ4n) is 4.16. The summed E-state index contributed by atoms with van der Waals surface area (Å²) in [5, 5.41) is 13.7. The van der Waals surface area contributed by atoms with E-state index in [-0.39, 0.29) is 29.2 Å². The second kappa shape index (κ2) is 12.1. The van der Waals surface area contributed by atoms with E-state index in [1.807, 2.05) is 0 Å². The molecule has 0 aliphatic carbocycles. The fourth-order valence-corrected chi connectivity index (χ4v) is 4.16. The number of nitrogens with zero attached hydrogens (tertiary/aromatic N) is 2. The zero-order valence-electron chi connectivity index (χ0n) is 22.6. The summed E-state index contributed by atoms with van der Waals surface area (Å²) in [6, 6.07) is 9.66. The van der Waals surface area contributed by atoms with Crippen LogP contribution in [0.3, 0.4) is 0 Å². The molecule has 0 saturated carbocycles. The number of anilines is 1. The predicted octanol–water partition coefficient (Wildman–Crippen LogP) is 5.82. The van der Waals surface area contributed by atoms with Crippen molar-refractivity contribution >= 4 is 35.3 Å². The van der Waals surface area contributed by atoms with Crippen molar-refractivity contribution in [2.24, 2.45) is 0 Å². The number of nitro groups is 1. The Morgan fingerprint density at radius 1 is 1.00 bits per heavy atom. The molecule has 0 spiro atoms. The summed E-state index contributed by atoms with van der Waals surface area (Å²) in [7, 11) is 2.70. The van der Waals surface area contributed by atoms with Crippen LogP contribution in [0.2, 0.25) is 0 Å². The number of carbonyl (C=O) groups is 3. The van der Waals surface area contributed by atoms with E-state index in [4.69, 9.17) is 14.2 Å². The highest BCUT2D eigenvalue weighted by atomic mass is 19.4. The van der Waals surface area contributed by atoms with Gasteiger partial charge >= 0.3 is 17.9 Å². The SMILES string of the molecule is C=CCc1cc(/C=C2\C(=O)NC(=O)N(c3ccc(OC)cc3)C2=O)cc(OC)c1Oc1ccc(C(F)(F)F)cc1[N+](=O)[O-]. The lowest BCUT2D eigenvalue weighted by atomic mass is 10.0. The Balaban J connectivity index is 1.77. The molecule has 1 saturated heterocycles. The number of rotatable bonds is 9. The number of imide groups is 2. The van der Waals surface area contributed by atoms with Gasteiger partial charge in [0.2, 0.25) is 5.75 Å². The topological polar surface area (TPSA) is 137 Å². The Hall–Kier alpha value is -5.66. The molecular weight excluding hydrogens is 575 g/mol. The van der Waals surface area contributed by atoms with Crippen LogP contribution in [-0.4, -0.2) is 37.0 Å². The largest absolute Gasteiger partial charge is 0.497 e. The third kappa shape index (κ3) is 6.32. The minimum atomic E-state index is -4.82. The molecular formula is C29H22F3N3O8. The number of hydrogen-bond donors (Lipinski definition) is 1. The number of allylic oxidation sites excluding steroid dienone is 1. The third-order valence-corrected chi connectivity index (χ3v) is 6.18. The Bertz CT molecular complexity index is 1670. The van der Waals surface area contributed by atoms with E-state index in [2.05, 4.69) is 11.9 Å². The monoisotopic (exact) mass is 597 g/mol. The molecule has 3 aromatic carbocycles. The lowest BCUT2D eigenvalue weighted by Gasteiger charge is -2.26. The summed E-state index contributed by atoms with van der Waals surface area (Å²) in [5.41, 5.74) is -1.83. The van der Waals surface area contributed by atoms with Crippen LogP contribution in [0.5, 0.6) is 23.0 Å². The van der Waals surface area contributed by atoms with Crippen molar-refractivity contribution in [3.63, 3.8) is 0 Å². The van der Waals surface area contributed by atoms with Crippen LogP contribution in [0, 0.1) is 10.1 Å². The van der Waals surface area contributed by atoms with Gasteiger partial charge in [-0.1, -0.05) is 6.08 Å². The Labute approximate surface area is 241 Å². The zero-order valence-corrected chi connectivity index (χ0v) is 22.6. The Kier molecular flexibility index (Phi) is 8.50. The molecule has 1 aliphatic heterocycles. The first-order valence-electron chi connectivity index (χ1n) is 12.3. The molecule has 0 atom stereocenters. The molecule has 43 heavy (non-hydrogen) atoms. The molecule has 0 bridgehead atoms.